The van der Waals surface area contributed by atoms with Gasteiger partial charge in [0, 0.05) is 6.04 Å². The average Bonchev–Trinajstić information content (AvgIpc) is 2.32. The Morgan fingerprint density at radius 1 is 1.06 bits per heavy atom. The Hall–Kier alpha value is -0.0400. The molecule has 1 nitrogen and oxygen atoms in total. The van der Waals surface area contributed by atoms with E-state index in [1.807, 2.05) is 13.8 Å². The van der Waals surface area contributed by atoms with Crippen molar-refractivity contribution >= 4 is 0 Å². The van der Waals surface area contributed by atoms with Crippen LogP contribution in [0.1, 0.15) is 73.6 Å². The molecule has 1 unspecified atom stereocenters. The molecule has 1 heteroatoms. The Morgan fingerprint density at radius 3 is 2.00 bits per heavy atom. The Labute approximate surface area is 110 Å². The van der Waals surface area contributed by atoms with Crippen LogP contribution >= 0.6 is 0 Å². The highest BCUT2D eigenvalue weighted by molar-refractivity contribution is 4.75. The molecule has 1 aliphatic rings. The maximum absolute atomic E-state index is 2.63. The zero-order chi connectivity index (χ0) is 13.3. The van der Waals surface area contributed by atoms with Gasteiger partial charge in [-0.15, -0.1) is 0 Å². The summed E-state index contributed by atoms with van der Waals surface area (Å²) < 4.78 is 0. The van der Waals surface area contributed by atoms with Crippen LogP contribution in [0.15, 0.2) is 0 Å². The summed E-state index contributed by atoms with van der Waals surface area (Å²) in [6.45, 7) is 16.0. The zero-order valence-corrected chi connectivity index (χ0v) is 13.1. The first-order valence-electron chi connectivity index (χ1n) is 7.87. The van der Waals surface area contributed by atoms with Gasteiger partial charge in [0.15, 0.2) is 0 Å². The summed E-state index contributed by atoms with van der Waals surface area (Å²) in [5.41, 5.74) is 0. The number of rotatable bonds is 5. The lowest BCUT2D eigenvalue weighted by Crippen LogP contribution is -2.38. The lowest BCUT2D eigenvalue weighted by atomic mass is 9.86. The highest BCUT2D eigenvalue weighted by Gasteiger charge is 2.21. The molecule has 0 radical (unpaired) electrons. The van der Waals surface area contributed by atoms with Gasteiger partial charge in [0.2, 0.25) is 0 Å². The van der Waals surface area contributed by atoms with Crippen molar-refractivity contribution in [3.05, 3.63) is 0 Å². The van der Waals surface area contributed by atoms with Crippen molar-refractivity contribution in [1.29, 1.82) is 0 Å². The fourth-order valence-electron chi connectivity index (χ4n) is 2.88. The highest BCUT2D eigenvalue weighted by Crippen LogP contribution is 2.26. The highest BCUT2D eigenvalue weighted by atomic mass is 15.1. The third kappa shape index (κ3) is 7.08. The quantitative estimate of drug-likeness (QED) is 0.657. The molecule has 0 bridgehead atoms. The zero-order valence-electron chi connectivity index (χ0n) is 13.1. The Bertz CT molecular complexity index is 157. The first kappa shape index (κ1) is 17.0. The summed E-state index contributed by atoms with van der Waals surface area (Å²) in [5, 5.41) is 0. The summed E-state index contributed by atoms with van der Waals surface area (Å²) in [6.07, 6.45) is 7.12. The van der Waals surface area contributed by atoms with E-state index in [0.29, 0.717) is 0 Å². The monoisotopic (exact) mass is 241 g/mol. The number of likely N-dealkylation sites (tertiary alicyclic amines) is 1. The van der Waals surface area contributed by atoms with Gasteiger partial charge in [-0.05, 0) is 58.0 Å². The molecule has 1 rings (SSSR count). The maximum atomic E-state index is 2.63. The van der Waals surface area contributed by atoms with Gasteiger partial charge in [-0.25, -0.2) is 0 Å². The molecule has 0 aromatic carbocycles. The van der Waals surface area contributed by atoms with Crippen LogP contribution in [-0.2, 0) is 0 Å². The molecular formula is C16H35N. The van der Waals surface area contributed by atoms with E-state index in [-0.39, 0.29) is 0 Å². The molecule has 17 heavy (non-hydrogen) atoms. The molecule has 0 amide bonds. The minimum atomic E-state index is 0.749. The van der Waals surface area contributed by atoms with Gasteiger partial charge >= 0.3 is 0 Å². The van der Waals surface area contributed by atoms with E-state index in [2.05, 4.69) is 32.6 Å². The number of hydrogen-bond acceptors (Lipinski definition) is 1. The Balaban J connectivity index is 0.00000121. The number of piperidine rings is 1. The minimum Gasteiger partial charge on any atom is -0.301 e. The fourth-order valence-corrected chi connectivity index (χ4v) is 2.88. The van der Waals surface area contributed by atoms with Crippen molar-refractivity contribution in [3.8, 4) is 0 Å². The van der Waals surface area contributed by atoms with E-state index in [0.717, 1.165) is 17.9 Å². The van der Waals surface area contributed by atoms with Crippen LogP contribution in [0.5, 0.6) is 0 Å². The van der Waals surface area contributed by atoms with E-state index >= 15 is 0 Å². The standard InChI is InChI=1S/C14H29N.C2H6/c1-5-6-13(4)11-14-7-9-15(10-8-14)12(2)3;1-2/h12-14H,5-11H2,1-4H3;1-2H3. The van der Waals surface area contributed by atoms with Crippen molar-refractivity contribution in [3.63, 3.8) is 0 Å². The Morgan fingerprint density at radius 2 is 1.59 bits per heavy atom. The molecule has 0 N–H and O–H groups in total. The predicted octanol–water partition coefficient (Wildman–Crippen LogP) is 4.96. The van der Waals surface area contributed by atoms with E-state index in [1.54, 1.807) is 0 Å². The number of nitrogens with zero attached hydrogens (tertiary/aromatic N) is 1. The van der Waals surface area contributed by atoms with Gasteiger partial charge in [0.25, 0.3) is 0 Å². The molecule has 0 saturated carbocycles. The van der Waals surface area contributed by atoms with Crippen LogP contribution in [0.25, 0.3) is 0 Å². The van der Waals surface area contributed by atoms with Crippen molar-refractivity contribution < 1.29 is 0 Å². The van der Waals surface area contributed by atoms with Crippen molar-refractivity contribution in [2.45, 2.75) is 79.7 Å². The molecule has 0 aromatic heterocycles. The third-order valence-electron chi connectivity index (χ3n) is 3.90. The first-order chi connectivity index (χ1) is 8.13. The Kier molecular flexibility index (Phi) is 9.91. The van der Waals surface area contributed by atoms with Crippen LogP contribution in [0.3, 0.4) is 0 Å². The summed E-state index contributed by atoms with van der Waals surface area (Å²) in [7, 11) is 0. The molecule has 0 spiro atoms. The topological polar surface area (TPSA) is 3.24 Å². The number of hydrogen-bond donors (Lipinski definition) is 0. The van der Waals surface area contributed by atoms with Gasteiger partial charge in [-0.3, -0.25) is 0 Å². The fraction of sp³-hybridized carbons (Fsp3) is 1.00. The first-order valence-corrected chi connectivity index (χ1v) is 7.87. The third-order valence-corrected chi connectivity index (χ3v) is 3.90. The van der Waals surface area contributed by atoms with E-state index < -0.39 is 0 Å². The van der Waals surface area contributed by atoms with Gasteiger partial charge in [-0.1, -0.05) is 40.5 Å². The largest absolute Gasteiger partial charge is 0.301 e. The minimum absolute atomic E-state index is 0.749. The second-order valence-electron chi connectivity index (χ2n) is 5.70. The van der Waals surface area contributed by atoms with Crippen molar-refractivity contribution in [1.82, 2.24) is 4.90 Å². The molecule has 1 fully saturated rings. The molecule has 0 aliphatic carbocycles. The van der Waals surface area contributed by atoms with Crippen LogP contribution in [0, 0.1) is 11.8 Å². The summed E-state index contributed by atoms with van der Waals surface area (Å²) >= 11 is 0. The van der Waals surface area contributed by atoms with Crippen LogP contribution in [0.2, 0.25) is 0 Å². The van der Waals surface area contributed by atoms with Gasteiger partial charge < -0.3 is 4.90 Å². The van der Waals surface area contributed by atoms with Crippen LogP contribution in [0.4, 0.5) is 0 Å². The van der Waals surface area contributed by atoms with E-state index in [9.17, 15) is 0 Å². The lowest BCUT2D eigenvalue weighted by Gasteiger charge is -2.35. The van der Waals surface area contributed by atoms with Crippen molar-refractivity contribution in [2.75, 3.05) is 13.1 Å². The summed E-state index contributed by atoms with van der Waals surface area (Å²) in [6, 6.07) is 0.749. The second-order valence-corrected chi connectivity index (χ2v) is 5.70. The lowest BCUT2D eigenvalue weighted by molar-refractivity contribution is 0.137. The molecule has 1 saturated heterocycles. The smallest absolute Gasteiger partial charge is 0.00385 e. The van der Waals surface area contributed by atoms with Gasteiger partial charge in [0.1, 0.15) is 0 Å². The van der Waals surface area contributed by atoms with Crippen molar-refractivity contribution in [2.24, 2.45) is 11.8 Å². The molecule has 1 heterocycles. The molecule has 1 atom stereocenters. The van der Waals surface area contributed by atoms with Gasteiger partial charge in [-0.2, -0.15) is 0 Å². The van der Waals surface area contributed by atoms with E-state index in [1.165, 1.54) is 45.2 Å². The molecule has 0 aromatic rings. The maximum Gasteiger partial charge on any atom is 0.00385 e. The van der Waals surface area contributed by atoms with Crippen LogP contribution < -0.4 is 0 Å². The van der Waals surface area contributed by atoms with Gasteiger partial charge in [0.05, 0.1) is 0 Å². The summed E-state index contributed by atoms with van der Waals surface area (Å²) in [4.78, 5) is 2.63. The van der Waals surface area contributed by atoms with E-state index in [4.69, 9.17) is 0 Å². The molecule has 1 aliphatic heterocycles. The second kappa shape index (κ2) is 9.94. The molecular weight excluding hydrogens is 206 g/mol. The predicted molar refractivity (Wildman–Crippen MR) is 79.5 cm³/mol. The normalized spacial score (nSPS) is 19.9. The van der Waals surface area contributed by atoms with Crippen LogP contribution in [-0.4, -0.2) is 24.0 Å². The SMILES string of the molecule is CC.CCCC(C)CC1CCN(C(C)C)CC1. The molecule has 104 valence electrons. The summed E-state index contributed by atoms with van der Waals surface area (Å²) in [5.74, 6) is 1.96. The average molecular weight is 241 g/mol.